The van der Waals surface area contributed by atoms with Gasteiger partial charge in [0.05, 0.1) is 0 Å². The smallest absolute Gasteiger partial charge is 0.346 e. The van der Waals surface area contributed by atoms with E-state index in [0.717, 1.165) is 9.25 Å². The van der Waals surface area contributed by atoms with E-state index >= 15 is 0 Å². The van der Waals surface area contributed by atoms with E-state index in [4.69, 9.17) is 5.73 Å². The van der Waals surface area contributed by atoms with Gasteiger partial charge >= 0.3 is 11.2 Å². The largest absolute Gasteiger partial charge is 0.382 e. The first-order valence-corrected chi connectivity index (χ1v) is 4.46. The molecule has 0 bridgehead atoms. The van der Waals surface area contributed by atoms with Gasteiger partial charge in [-0.15, -0.1) is 10.2 Å². The van der Waals surface area contributed by atoms with Crippen LogP contribution in [0.15, 0.2) is 21.9 Å². The summed E-state index contributed by atoms with van der Waals surface area (Å²) in [5.74, 6) is 0.305. The molecule has 84 valence electrons. The Balaban J connectivity index is 2.77. The maximum atomic E-state index is 11.7. The molecule has 0 aliphatic carbocycles. The summed E-state index contributed by atoms with van der Waals surface area (Å²) < 4.78 is 3.26. The van der Waals surface area contributed by atoms with E-state index in [9.17, 15) is 9.59 Å². The van der Waals surface area contributed by atoms with E-state index < -0.39 is 11.2 Å². The van der Waals surface area contributed by atoms with Crippen LogP contribution in [-0.4, -0.2) is 24.1 Å². The standard InChI is InChI=1S/C8H10N6O2/c1-12-7(15)6(11-13(2)8(12)16)14-4-3-5(9)10-14/h3-4H,1-2H3,(H2,9,10). The molecule has 2 N–H and O–H groups in total. The number of hydrogen-bond donors (Lipinski definition) is 1. The van der Waals surface area contributed by atoms with Crippen LogP contribution in [0.5, 0.6) is 0 Å². The van der Waals surface area contributed by atoms with E-state index in [1.807, 2.05) is 0 Å². The van der Waals surface area contributed by atoms with Crippen molar-refractivity contribution in [2.24, 2.45) is 14.1 Å². The number of nitrogens with zero attached hydrogens (tertiary/aromatic N) is 5. The number of nitrogen functional groups attached to an aromatic ring is 1. The minimum absolute atomic E-state index is 0.0290. The van der Waals surface area contributed by atoms with Gasteiger partial charge < -0.3 is 5.73 Å². The van der Waals surface area contributed by atoms with Crippen molar-refractivity contribution in [1.29, 1.82) is 0 Å². The van der Waals surface area contributed by atoms with Crippen LogP contribution >= 0.6 is 0 Å². The summed E-state index contributed by atoms with van der Waals surface area (Å²) in [5, 5.41) is 7.69. The predicted molar refractivity (Wildman–Crippen MR) is 56.3 cm³/mol. The molecule has 8 heteroatoms. The molecule has 2 aromatic heterocycles. The van der Waals surface area contributed by atoms with Gasteiger partial charge in [-0.25, -0.2) is 14.2 Å². The molecule has 0 saturated carbocycles. The Bertz CT molecular complexity index is 649. The third-order valence-electron chi connectivity index (χ3n) is 2.13. The van der Waals surface area contributed by atoms with Crippen LogP contribution in [0.2, 0.25) is 0 Å². The van der Waals surface area contributed by atoms with Gasteiger partial charge in [0.1, 0.15) is 5.82 Å². The molecule has 16 heavy (non-hydrogen) atoms. The van der Waals surface area contributed by atoms with Crippen LogP contribution < -0.4 is 17.0 Å². The molecule has 2 rings (SSSR count). The van der Waals surface area contributed by atoms with Crippen LogP contribution in [0.4, 0.5) is 5.82 Å². The molecular formula is C8H10N6O2. The highest BCUT2D eigenvalue weighted by Gasteiger charge is 2.11. The Morgan fingerprint density at radius 1 is 1.25 bits per heavy atom. The molecule has 2 aromatic rings. The first kappa shape index (κ1) is 10.1. The zero-order valence-electron chi connectivity index (χ0n) is 8.78. The zero-order chi connectivity index (χ0) is 11.9. The molecule has 0 atom stereocenters. The molecule has 0 radical (unpaired) electrons. The lowest BCUT2D eigenvalue weighted by Gasteiger charge is -2.04. The third-order valence-corrected chi connectivity index (χ3v) is 2.13. The van der Waals surface area contributed by atoms with Crippen molar-refractivity contribution in [2.45, 2.75) is 0 Å². The van der Waals surface area contributed by atoms with Crippen molar-refractivity contribution in [3.63, 3.8) is 0 Å². The molecule has 0 unspecified atom stereocenters. The molecule has 8 nitrogen and oxygen atoms in total. The van der Waals surface area contributed by atoms with Crippen LogP contribution in [0.1, 0.15) is 0 Å². The van der Waals surface area contributed by atoms with Crippen molar-refractivity contribution in [3.05, 3.63) is 33.1 Å². The van der Waals surface area contributed by atoms with Crippen LogP contribution in [0.3, 0.4) is 0 Å². The highest BCUT2D eigenvalue weighted by molar-refractivity contribution is 5.28. The van der Waals surface area contributed by atoms with E-state index in [0.29, 0.717) is 0 Å². The van der Waals surface area contributed by atoms with E-state index in [1.54, 1.807) is 0 Å². The second-order valence-electron chi connectivity index (χ2n) is 3.28. The van der Waals surface area contributed by atoms with Crippen LogP contribution in [0.25, 0.3) is 5.82 Å². The maximum Gasteiger partial charge on any atom is 0.346 e. The van der Waals surface area contributed by atoms with Gasteiger partial charge in [0, 0.05) is 26.4 Å². The first-order valence-electron chi connectivity index (χ1n) is 4.46. The summed E-state index contributed by atoms with van der Waals surface area (Å²) in [7, 11) is 2.83. The van der Waals surface area contributed by atoms with E-state index in [-0.39, 0.29) is 11.6 Å². The highest BCUT2D eigenvalue weighted by Crippen LogP contribution is 1.99. The van der Waals surface area contributed by atoms with Crippen molar-refractivity contribution in [2.75, 3.05) is 5.73 Å². The molecule has 0 fully saturated rings. The Hall–Kier alpha value is -2.38. The van der Waals surface area contributed by atoms with Crippen molar-refractivity contribution >= 4 is 5.82 Å². The topological polar surface area (TPSA) is 101 Å². The number of aromatic nitrogens is 5. The normalized spacial score (nSPS) is 10.6. The minimum Gasteiger partial charge on any atom is -0.382 e. The highest BCUT2D eigenvalue weighted by atomic mass is 16.2. The molecule has 2 heterocycles. The summed E-state index contributed by atoms with van der Waals surface area (Å²) in [5.41, 5.74) is 4.42. The van der Waals surface area contributed by atoms with Gasteiger partial charge in [0.2, 0.25) is 5.82 Å². The van der Waals surface area contributed by atoms with Gasteiger partial charge in [-0.3, -0.25) is 9.36 Å². The molecule has 0 aliphatic heterocycles. The van der Waals surface area contributed by atoms with Gasteiger partial charge in [-0.1, -0.05) is 0 Å². The second-order valence-corrected chi connectivity index (χ2v) is 3.28. The number of nitrogens with two attached hydrogens (primary N) is 1. The van der Waals surface area contributed by atoms with Crippen molar-refractivity contribution in [1.82, 2.24) is 24.1 Å². The van der Waals surface area contributed by atoms with Crippen LogP contribution in [0, 0.1) is 0 Å². The fourth-order valence-corrected chi connectivity index (χ4v) is 1.28. The zero-order valence-corrected chi connectivity index (χ0v) is 8.78. The number of anilines is 1. The molecule has 0 amide bonds. The molecular weight excluding hydrogens is 212 g/mol. The minimum atomic E-state index is -0.522. The quantitative estimate of drug-likeness (QED) is 0.616. The monoisotopic (exact) mass is 222 g/mol. The fourth-order valence-electron chi connectivity index (χ4n) is 1.28. The number of aryl methyl sites for hydroxylation is 1. The lowest BCUT2D eigenvalue weighted by molar-refractivity contribution is 0.579. The Kier molecular flexibility index (Phi) is 2.11. The van der Waals surface area contributed by atoms with Gasteiger partial charge in [-0.2, -0.15) is 0 Å². The van der Waals surface area contributed by atoms with Gasteiger partial charge in [-0.05, 0) is 0 Å². The third kappa shape index (κ3) is 1.40. The lowest BCUT2D eigenvalue weighted by Crippen LogP contribution is -2.40. The number of rotatable bonds is 1. The Morgan fingerprint density at radius 3 is 2.50 bits per heavy atom. The molecule has 0 aliphatic rings. The summed E-state index contributed by atoms with van der Waals surface area (Å²) in [6.45, 7) is 0. The first-order chi connectivity index (χ1) is 7.50. The predicted octanol–water partition coefficient (Wildman–Crippen LogP) is -1.75. The lowest BCUT2D eigenvalue weighted by atomic mass is 10.6. The van der Waals surface area contributed by atoms with Crippen LogP contribution in [-0.2, 0) is 14.1 Å². The second kappa shape index (κ2) is 3.33. The fraction of sp³-hybridized carbons (Fsp3) is 0.250. The maximum absolute atomic E-state index is 11.7. The van der Waals surface area contributed by atoms with E-state index in [2.05, 4.69) is 10.2 Å². The summed E-state index contributed by atoms with van der Waals surface area (Å²) in [6, 6.07) is 1.53. The Labute approximate surface area is 89.5 Å². The summed E-state index contributed by atoms with van der Waals surface area (Å²) in [6.07, 6.45) is 1.50. The summed E-state index contributed by atoms with van der Waals surface area (Å²) in [4.78, 5) is 23.1. The molecule has 0 saturated heterocycles. The Morgan fingerprint density at radius 2 is 1.94 bits per heavy atom. The van der Waals surface area contributed by atoms with Crippen molar-refractivity contribution in [3.8, 4) is 5.82 Å². The SMILES string of the molecule is Cn1nc(-n2ccc(N)n2)c(=O)n(C)c1=O. The molecule has 0 spiro atoms. The average Bonchev–Trinajstić information content (AvgIpc) is 2.67. The van der Waals surface area contributed by atoms with E-state index in [1.165, 1.54) is 31.0 Å². The van der Waals surface area contributed by atoms with Gasteiger partial charge in [0.25, 0.3) is 0 Å². The molecule has 0 aromatic carbocycles. The average molecular weight is 222 g/mol. The summed E-state index contributed by atoms with van der Waals surface area (Å²) >= 11 is 0. The number of hydrogen-bond acceptors (Lipinski definition) is 5. The van der Waals surface area contributed by atoms with Crippen molar-refractivity contribution < 1.29 is 0 Å². The van der Waals surface area contributed by atoms with Gasteiger partial charge in [0.15, 0.2) is 0 Å².